The van der Waals surface area contributed by atoms with E-state index >= 15 is 0 Å². The van der Waals surface area contributed by atoms with Crippen LogP contribution in [0.3, 0.4) is 0 Å². The van der Waals surface area contributed by atoms with Crippen LogP contribution in [0.1, 0.15) is 0 Å². The molecule has 0 aliphatic carbocycles. The molecule has 0 amide bonds. The molecule has 0 aliphatic heterocycles. The first-order chi connectivity index (χ1) is 0. The Labute approximate surface area is 67.1 Å². The normalized spacial score (nSPS) is 0. The standard InChI is InChI=1S/4ClH.Ge/h4*1H;/q;;;;+4/p-4. The van der Waals surface area contributed by atoms with Crippen molar-refractivity contribution >= 4 is 17.6 Å². The Morgan fingerprint density at radius 3 is 0.400 bits per heavy atom. The van der Waals surface area contributed by atoms with Crippen molar-refractivity contribution in [2.24, 2.45) is 0 Å². The van der Waals surface area contributed by atoms with Crippen LogP contribution < -0.4 is 49.6 Å². The van der Waals surface area contributed by atoms with Crippen LogP contribution in [-0.4, -0.2) is 17.6 Å². The Morgan fingerprint density at radius 1 is 0.400 bits per heavy atom. The van der Waals surface area contributed by atoms with Crippen LogP contribution in [0.25, 0.3) is 0 Å². The molecule has 0 aromatic carbocycles. The van der Waals surface area contributed by atoms with E-state index in [0.29, 0.717) is 0 Å². The molecule has 0 radical (unpaired) electrons. The van der Waals surface area contributed by atoms with Crippen molar-refractivity contribution in [3.05, 3.63) is 0 Å². The molecule has 0 nitrogen and oxygen atoms in total. The summed E-state index contributed by atoms with van der Waals surface area (Å²) in [6.45, 7) is 0. The van der Waals surface area contributed by atoms with Gasteiger partial charge in [0.1, 0.15) is 0 Å². The molecule has 0 aromatic heterocycles. The Hall–Kier alpha value is 1.70. The molecule has 0 saturated heterocycles. The second kappa shape index (κ2) is 43.5. The zero-order chi connectivity index (χ0) is 0. The third-order valence-corrected chi connectivity index (χ3v) is 0. The summed E-state index contributed by atoms with van der Waals surface area (Å²) in [7, 11) is 0. The van der Waals surface area contributed by atoms with Gasteiger partial charge >= 0.3 is 17.6 Å². The van der Waals surface area contributed by atoms with E-state index in [1.807, 2.05) is 0 Å². The molecule has 0 N–H and O–H groups in total. The van der Waals surface area contributed by atoms with Crippen LogP contribution >= 0.6 is 0 Å². The topological polar surface area (TPSA) is 0 Å². The molecule has 32 valence electrons. The number of hydrogen-bond donors (Lipinski definition) is 0. The quantitative estimate of drug-likeness (QED) is 0.351. The third-order valence-electron chi connectivity index (χ3n) is 0. The second-order valence-electron chi connectivity index (χ2n) is 0. The van der Waals surface area contributed by atoms with Gasteiger partial charge in [0.05, 0.1) is 0 Å². The van der Waals surface area contributed by atoms with Crippen LogP contribution in [0.15, 0.2) is 0 Å². The van der Waals surface area contributed by atoms with Gasteiger partial charge in [0.2, 0.25) is 0 Å². The second-order valence-corrected chi connectivity index (χ2v) is 0. The molecule has 0 unspecified atom stereocenters. The summed E-state index contributed by atoms with van der Waals surface area (Å²) in [5, 5.41) is 0. The molecule has 0 atom stereocenters. The maximum atomic E-state index is 0. The molecule has 0 saturated carbocycles. The van der Waals surface area contributed by atoms with Gasteiger partial charge in [0.15, 0.2) is 0 Å². The molecular formula is Cl4Ge. The van der Waals surface area contributed by atoms with Gasteiger partial charge in [-0.05, 0) is 0 Å². The van der Waals surface area contributed by atoms with Gasteiger partial charge in [-0.15, -0.1) is 0 Å². The summed E-state index contributed by atoms with van der Waals surface area (Å²) in [5.41, 5.74) is 0. The maximum absolute atomic E-state index is 0. The number of rotatable bonds is 0. The number of halogens is 4. The molecule has 5 heteroatoms. The van der Waals surface area contributed by atoms with E-state index in [4.69, 9.17) is 0 Å². The molecule has 0 rings (SSSR count). The summed E-state index contributed by atoms with van der Waals surface area (Å²) >= 11 is 0. The maximum Gasteiger partial charge on any atom is 4.00 e. The first kappa shape index (κ1) is 75.2. The van der Waals surface area contributed by atoms with E-state index in [-0.39, 0.29) is 67.2 Å². The minimum Gasteiger partial charge on any atom is -1.00 e. The summed E-state index contributed by atoms with van der Waals surface area (Å²) in [6, 6.07) is 0. The van der Waals surface area contributed by atoms with Gasteiger partial charge in [-0.3, -0.25) is 0 Å². The van der Waals surface area contributed by atoms with Crippen molar-refractivity contribution in [2.45, 2.75) is 0 Å². The Morgan fingerprint density at radius 2 is 0.400 bits per heavy atom. The van der Waals surface area contributed by atoms with Gasteiger partial charge in [0.25, 0.3) is 0 Å². The summed E-state index contributed by atoms with van der Waals surface area (Å²) in [4.78, 5) is 0. The summed E-state index contributed by atoms with van der Waals surface area (Å²) in [6.07, 6.45) is 0. The molecule has 0 heterocycles. The van der Waals surface area contributed by atoms with Crippen LogP contribution in [0, 0.1) is 0 Å². The molecule has 0 bridgehead atoms. The van der Waals surface area contributed by atoms with E-state index in [1.54, 1.807) is 0 Å². The molecule has 0 spiro atoms. The summed E-state index contributed by atoms with van der Waals surface area (Å²) < 4.78 is 0. The van der Waals surface area contributed by atoms with Crippen molar-refractivity contribution < 1.29 is 49.6 Å². The van der Waals surface area contributed by atoms with Crippen molar-refractivity contribution in [1.82, 2.24) is 0 Å². The Bertz CT molecular complexity index is 3.61. The van der Waals surface area contributed by atoms with Crippen molar-refractivity contribution in [3.8, 4) is 0 Å². The van der Waals surface area contributed by atoms with E-state index in [1.165, 1.54) is 0 Å². The van der Waals surface area contributed by atoms with Crippen LogP contribution in [0.4, 0.5) is 0 Å². The van der Waals surface area contributed by atoms with E-state index in [2.05, 4.69) is 0 Å². The monoisotopic (exact) mass is 214 g/mol. The minimum absolute atomic E-state index is 0. The Kier molecular flexibility index (Phi) is 654. The van der Waals surface area contributed by atoms with Gasteiger partial charge in [0, 0.05) is 0 Å². The fourth-order valence-electron chi connectivity index (χ4n) is 0. The van der Waals surface area contributed by atoms with Gasteiger partial charge in [-0.25, -0.2) is 0 Å². The van der Waals surface area contributed by atoms with Crippen LogP contribution in [0.2, 0.25) is 0 Å². The first-order valence-corrected chi connectivity index (χ1v) is 0. The van der Waals surface area contributed by atoms with Crippen molar-refractivity contribution in [2.75, 3.05) is 0 Å². The van der Waals surface area contributed by atoms with Gasteiger partial charge < -0.3 is 49.6 Å². The minimum atomic E-state index is 0. The third kappa shape index (κ3) is 27.0. The van der Waals surface area contributed by atoms with Gasteiger partial charge in [-0.2, -0.15) is 0 Å². The molecule has 0 aromatic rings. The smallest absolute Gasteiger partial charge is 1.00 e. The number of hydrogen-bond acceptors (Lipinski definition) is 0. The fraction of sp³-hybridized carbons (Fsp3) is 0. The first-order valence-electron chi connectivity index (χ1n) is 0. The average molecular weight is 214 g/mol. The predicted octanol–water partition coefficient (Wildman–Crippen LogP) is -12.4. The summed E-state index contributed by atoms with van der Waals surface area (Å²) in [5.74, 6) is 0. The van der Waals surface area contributed by atoms with Crippen LogP contribution in [0.5, 0.6) is 0 Å². The zero-order valence-corrected chi connectivity index (χ0v) is 7.13. The van der Waals surface area contributed by atoms with E-state index in [9.17, 15) is 0 Å². The van der Waals surface area contributed by atoms with E-state index in [0.717, 1.165) is 0 Å². The van der Waals surface area contributed by atoms with Crippen LogP contribution in [-0.2, 0) is 0 Å². The predicted molar refractivity (Wildman–Crippen MR) is 5.75 cm³/mol. The van der Waals surface area contributed by atoms with Crippen molar-refractivity contribution in [3.63, 3.8) is 0 Å². The fourth-order valence-corrected chi connectivity index (χ4v) is 0. The zero-order valence-electron chi connectivity index (χ0n) is 2.01. The van der Waals surface area contributed by atoms with Crippen molar-refractivity contribution in [1.29, 1.82) is 0 Å². The van der Waals surface area contributed by atoms with Gasteiger partial charge in [-0.1, -0.05) is 0 Å². The molecule has 0 fully saturated rings. The molecule has 0 aliphatic rings. The Balaban J connectivity index is 0. The van der Waals surface area contributed by atoms with E-state index < -0.39 is 0 Å². The molecular weight excluding hydrogens is 214 g/mol. The largest absolute Gasteiger partial charge is 4.00 e. The average Bonchev–Trinajstić information content (AvgIpc) is 0. The SMILES string of the molecule is [Cl-].[Cl-].[Cl-].[Cl-].[Ge+4]. The molecule has 5 heavy (non-hydrogen) atoms.